The molecule has 1 aliphatic carbocycles. The lowest BCUT2D eigenvalue weighted by atomic mass is 9.85. The number of fused-ring (bicyclic) bond motifs is 1. The lowest BCUT2D eigenvalue weighted by Crippen LogP contribution is -2.59. The topological polar surface area (TPSA) is 165 Å². The van der Waals surface area contributed by atoms with Crippen LogP contribution in [0.5, 0.6) is 5.75 Å². The van der Waals surface area contributed by atoms with E-state index in [0.717, 1.165) is 21.9 Å². The number of likely N-dealkylation sites (tertiary alicyclic amines) is 1. The number of benzene rings is 3. The zero-order chi connectivity index (χ0) is 39.2. The molecule has 2 fully saturated rings. The minimum Gasteiger partial charge on any atom is -0.497 e. The number of alkyl carbamates (subject to hydrolysis) is 1. The van der Waals surface area contributed by atoms with E-state index in [1.165, 1.54) is 11.0 Å². The third kappa shape index (κ3) is 7.53. The summed E-state index contributed by atoms with van der Waals surface area (Å²) in [6, 6.07) is 18.6. The fourth-order valence-electron chi connectivity index (χ4n) is 7.07. The second-order valence-electron chi connectivity index (χ2n) is 16.1. The van der Waals surface area contributed by atoms with Crippen LogP contribution in [0.4, 0.5) is 4.79 Å². The van der Waals surface area contributed by atoms with Gasteiger partial charge in [-0.1, -0.05) is 69.3 Å². The summed E-state index contributed by atoms with van der Waals surface area (Å²) in [6.07, 6.45) is 1.01. The third-order valence-corrected chi connectivity index (χ3v) is 10.0. The molecule has 3 aromatic carbocycles. The maximum atomic E-state index is 14.6. The van der Waals surface area contributed by atoms with Gasteiger partial charge in [-0.2, -0.15) is 15.0 Å². The number of hydrogen-bond acceptors (Lipinski definition) is 8. The fourth-order valence-corrected chi connectivity index (χ4v) is 7.07. The van der Waals surface area contributed by atoms with Crippen LogP contribution >= 0.6 is 0 Å². The van der Waals surface area contributed by atoms with Gasteiger partial charge in [0, 0.05) is 30.0 Å². The Bertz CT molecular complexity index is 2090. The Balaban J connectivity index is 1.42. The number of carboxylic acid groups (broad SMARTS) is 1. The molecule has 5 atom stereocenters. The van der Waals surface area contributed by atoms with Crippen molar-refractivity contribution in [1.29, 1.82) is 0 Å². The summed E-state index contributed by atoms with van der Waals surface area (Å²) in [4.78, 5) is 57.2. The Hall–Kier alpha value is -5.72. The Labute approximate surface area is 314 Å². The first-order valence-electron chi connectivity index (χ1n) is 18.0. The van der Waals surface area contributed by atoms with Gasteiger partial charge in [-0.3, -0.25) is 9.59 Å². The van der Waals surface area contributed by atoms with Gasteiger partial charge in [0.2, 0.25) is 11.8 Å². The van der Waals surface area contributed by atoms with Crippen LogP contribution in [0.1, 0.15) is 60.4 Å². The van der Waals surface area contributed by atoms with Crippen molar-refractivity contribution < 1.29 is 33.8 Å². The van der Waals surface area contributed by atoms with Gasteiger partial charge in [0.05, 0.1) is 13.2 Å². The second-order valence-corrected chi connectivity index (χ2v) is 16.1. The van der Waals surface area contributed by atoms with E-state index in [9.17, 15) is 24.3 Å². The van der Waals surface area contributed by atoms with E-state index in [-0.39, 0.29) is 19.4 Å². The average Bonchev–Trinajstić information content (AvgIpc) is 3.42. The zero-order valence-electron chi connectivity index (χ0n) is 31.8. The lowest BCUT2D eigenvalue weighted by Gasteiger charge is -2.36. The molecule has 284 valence electrons. The number of carbonyl (C=O) groups excluding carboxylic acids is 3. The summed E-state index contributed by atoms with van der Waals surface area (Å²) in [5.41, 5.74) is -0.291. The minimum atomic E-state index is -1.52. The van der Waals surface area contributed by atoms with Gasteiger partial charge in [-0.05, 0) is 67.6 Å². The van der Waals surface area contributed by atoms with E-state index in [1.54, 1.807) is 53.4 Å². The molecule has 0 spiro atoms. The first kappa shape index (κ1) is 38.0. The van der Waals surface area contributed by atoms with E-state index in [0.29, 0.717) is 17.1 Å². The molecule has 1 saturated carbocycles. The smallest absolute Gasteiger partial charge is 0.408 e. The molecule has 13 heteroatoms. The number of amides is 3. The van der Waals surface area contributed by atoms with E-state index in [2.05, 4.69) is 17.2 Å². The van der Waals surface area contributed by atoms with Crippen molar-refractivity contribution >= 4 is 34.6 Å². The van der Waals surface area contributed by atoms with Crippen molar-refractivity contribution in [3.05, 3.63) is 79.4 Å². The predicted molar refractivity (Wildman–Crippen MR) is 204 cm³/mol. The second kappa shape index (κ2) is 14.3. The number of carboxylic acids is 1. The average molecular weight is 737 g/mol. The molecule has 1 saturated heterocycles. The summed E-state index contributed by atoms with van der Waals surface area (Å²) >= 11 is 0. The molecule has 5 unspecified atom stereocenters. The van der Waals surface area contributed by atoms with Gasteiger partial charge in [0.1, 0.15) is 40.4 Å². The molecule has 6 rings (SSSR count). The van der Waals surface area contributed by atoms with Crippen LogP contribution in [0.3, 0.4) is 0 Å². The van der Waals surface area contributed by atoms with Gasteiger partial charge in [-0.25, -0.2) is 9.59 Å². The number of nitrogens with zero attached hydrogens (tertiary/aromatic N) is 4. The van der Waals surface area contributed by atoms with Crippen molar-refractivity contribution in [1.82, 2.24) is 30.5 Å². The molecule has 0 radical (unpaired) electrons. The molecule has 3 amide bonds. The molecular weight excluding hydrogens is 688 g/mol. The standard InChI is InChI=1S/C41H48N6O7/c1-9-26-22-41(26,37(50)51)43-35(48)31-21-27(23-46(31)36(49)34(39(2,3)4)42-38(52)54-40(5,6)7)47-44-32(25-17-19-28(53-8)20-18-25)33(45-47)30-16-12-14-24-13-10-11-15-29(24)30/h9-20,26-27,31,34H,1,21-23H2,2-8H3,(H,42,52)(H,43,48)(H,50,51). The monoisotopic (exact) mass is 736 g/mol. The van der Waals surface area contributed by atoms with Crippen molar-refractivity contribution in [2.75, 3.05) is 13.7 Å². The van der Waals surface area contributed by atoms with Crippen LogP contribution < -0.4 is 15.4 Å². The Morgan fingerprint density at radius 1 is 0.963 bits per heavy atom. The molecule has 3 N–H and O–H groups in total. The van der Waals surface area contributed by atoms with Crippen LogP contribution in [-0.4, -0.2) is 85.8 Å². The number of rotatable bonds is 10. The summed E-state index contributed by atoms with van der Waals surface area (Å²) in [6.45, 7) is 14.3. The maximum Gasteiger partial charge on any atom is 0.408 e. The number of hydrogen-bond donors (Lipinski definition) is 3. The van der Waals surface area contributed by atoms with E-state index in [1.807, 2.05) is 66.7 Å². The summed E-state index contributed by atoms with van der Waals surface area (Å²) in [5, 5.41) is 27.6. The fraction of sp³-hybridized carbons (Fsp3) is 0.415. The number of ether oxygens (including phenoxy) is 2. The van der Waals surface area contributed by atoms with E-state index < -0.39 is 64.5 Å². The lowest BCUT2D eigenvalue weighted by molar-refractivity contribution is -0.146. The first-order valence-corrected chi connectivity index (χ1v) is 18.0. The highest BCUT2D eigenvalue weighted by Crippen LogP contribution is 2.45. The van der Waals surface area contributed by atoms with Gasteiger partial charge < -0.3 is 30.1 Å². The van der Waals surface area contributed by atoms with Crippen LogP contribution in [0.2, 0.25) is 0 Å². The number of carbonyl (C=O) groups is 4. The Morgan fingerprint density at radius 3 is 2.24 bits per heavy atom. The van der Waals surface area contributed by atoms with E-state index >= 15 is 0 Å². The highest BCUT2D eigenvalue weighted by Gasteiger charge is 2.61. The summed E-state index contributed by atoms with van der Waals surface area (Å²) in [5.74, 6) is -2.10. The van der Waals surface area contributed by atoms with Crippen LogP contribution in [0.15, 0.2) is 79.4 Å². The zero-order valence-corrected chi connectivity index (χ0v) is 31.8. The van der Waals surface area contributed by atoms with Crippen molar-refractivity contribution in [2.24, 2.45) is 11.3 Å². The maximum absolute atomic E-state index is 14.6. The highest BCUT2D eigenvalue weighted by molar-refractivity contribution is 5.99. The first-order chi connectivity index (χ1) is 25.5. The molecule has 1 aliphatic heterocycles. The van der Waals surface area contributed by atoms with E-state index in [4.69, 9.17) is 19.7 Å². The Morgan fingerprint density at radius 2 is 1.63 bits per heavy atom. The van der Waals surface area contributed by atoms with Gasteiger partial charge in [0.25, 0.3) is 0 Å². The van der Waals surface area contributed by atoms with Crippen LogP contribution in [-0.2, 0) is 19.1 Å². The molecule has 13 nitrogen and oxygen atoms in total. The minimum absolute atomic E-state index is 0.0101. The van der Waals surface area contributed by atoms with Crippen LogP contribution in [0.25, 0.3) is 33.3 Å². The number of aromatic nitrogens is 3. The molecule has 1 aromatic heterocycles. The molecule has 0 bridgehead atoms. The number of nitrogens with one attached hydrogen (secondary N) is 2. The molecule has 54 heavy (non-hydrogen) atoms. The molecule has 2 aliphatic rings. The van der Waals surface area contributed by atoms with Crippen LogP contribution in [0, 0.1) is 11.3 Å². The van der Waals surface area contributed by atoms with Gasteiger partial charge >= 0.3 is 12.1 Å². The number of methoxy groups -OCH3 is 1. The van der Waals surface area contributed by atoms with Crippen molar-refractivity contribution in [2.45, 2.75) is 83.6 Å². The summed E-state index contributed by atoms with van der Waals surface area (Å²) < 4.78 is 10.9. The van der Waals surface area contributed by atoms with Crippen molar-refractivity contribution in [3.8, 4) is 28.3 Å². The van der Waals surface area contributed by atoms with Gasteiger partial charge in [-0.15, -0.1) is 6.58 Å². The highest BCUT2D eigenvalue weighted by atomic mass is 16.6. The van der Waals surface area contributed by atoms with Gasteiger partial charge in [0.15, 0.2) is 0 Å². The Kier molecular flexibility index (Phi) is 10.0. The molecular formula is C41H48N6O7. The van der Waals surface area contributed by atoms with Crippen molar-refractivity contribution in [3.63, 3.8) is 0 Å². The quantitative estimate of drug-likeness (QED) is 0.166. The SMILES string of the molecule is C=CC1CC1(NC(=O)C1CC(n2nc(-c3ccc(OC)cc3)c(-c3cccc4ccccc34)n2)CN1C(=O)C(NC(=O)OC(C)(C)C)C(C)(C)C)C(=O)O. The molecule has 2 heterocycles. The molecule has 4 aromatic rings. The largest absolute Gasteiger partial charge is 0.497 e. The predicted octanol–water partition coefficient (Wildman–Crippen LogP) is 6.00. The third-order valence-electron chi connectivity index (χ3n) is 10.0. The normalized spacial score (nSPS) is 21.6. The summed E-state index contributed by atoms with van der Waals surface area (Å²) in [7, 11) is 1.60. The number of aliphatic carboxylic acids is 1.